The van der Waals surface area contributed by atoms with Crippen molar-refractivity contribution in [3.8, 4) is 0 Å². The van der Waals surface area contributed by atoms with Crippen molar-refractivity contribution in [1.82, 2.24) is 15.3 Å². The molecule has 0 spiro atoms. The number of ketones is 1. The molecule has 0 aliphatic heterocycles. The number of carbonyl (C=O) groups is 4. The number of nitrogens with one attached hydrogen (secondary N) is 2. The van der Waals surface area contributed by atoms with E-state index in [1.54, 1.807) is 23.5 Å². The molecule has 368 valence electrons. The van der Waals surface area contributed by atoms with E-state index in [0.717, 1.165) is 63.3 Å². The molecule has 5 N–H and O–H groups in total. The lowest BCUT2D eigenvalue weighted by Crippen LogP contribution is -2.43. The second-order valence-electron chi connectivity index (χ2n) is 15.9. The molecule has 15 heteroatoms. The van der Waals surface area contributed by atoms with Crippen LogP contribution < -0.4 is 16.4 Å². The predicted octanol–water partition coefficient (Wildman–Crippen LogP) is 11.5. The van der Waals surface area contributed by atoms with Crippen molar-refractivity contribution in [2.75, 3.05) is 5.32 Å². The van der Waals surface area contributed by atoms with E-state index in [0.29, 0.717) is 12.8 Å². The number of carboxylic acid groups (broad SMARTS) is 1. The molecule has 6 aromatic carbocycles. The van der Waals surface area contributed by atoms with E-state index < -0.39 is 35.6 Å². The van der Waals surface area contributed by atoms with Gasteiger partial charge in [0.1, 0.15) is 23.0 Å². The Morgan fingerprint density at radius 2 is 0.958 bits per heavy atom. The van der Waals surface area contributed by atoms with Gasteiger partial charge in [0.25, 0.3) is 5.91 Å². The van der Waals surface area contributed by atoms with Crippen LogP contribution in [0.2, 0.25) is 0 Å². The van der Waals surface area contributed by atoms with Gasteiger partial charge >= 0.3 is 5.97 Å². The number of aromatic nitrogens is 2. The maximum atomic E-state index is 13.2. The number of Topliss-reactive ketones (excluding diaryl/α,β-unsaturated/α-hetero) is 1. The van der Waals surface area contributed by atoms with Crippen LogP contribution in [0.1, 0.15) is 48.8 Å². The molecule has 0 saturated heterocycles. The van der Waals surface area contributed by atoms with Gasteiger partial charge in [0.05, 0.1) is 24.5 Å². The minimum absolute atomic E-state index is 0. The van der Waals surface area contributed by atoms with Gasteiger partial charge in [-0.25, -0.2) is 23.5 Å². The summed E-state index contributed by atoms with van der Waals surface area (Å²) in [5.41, 5.74) is 12.1. The van der Waals surface area contributed by atoms with Crippen LogP contribution in [-0.4, -0.2) is 50.7 Å². The van der Waals surface area contributed by atoms with Gasteiger partial charge in [-0.1, -0.05) is 133 Å². The van der Waals surface area contributed by atoms with Gasteiger partial charge in [0, 0.05) is 33.4 Å². The Morgan fingerprint density at radius 1 is 0.528 bits per heavy atom. The fourth-order valence-corrected chi connectivity index (χ4v) is 8.39. The van der Waals surface area contributed by atoms with Crippen LogP contribution in [0.3, 0.4) is 0 Å². The third-order valence-corrected chi connectivity index (χ3v) is 12.6. The number of pyridine rings is 2. The van der Waals surface area contributed by atoms with Gasteiger partial charge in [-0.3, -0.25) is 14.4 Å². The van der Waals surface area contributed by atoms with Crippen LogP contribution in [0.4, 0.5) is 14.5 Å². The summed E-state index contributed by atoms with van der Waals surface area (Å²) in [6.07, 6.45) is 2.93. The first-order chi connectivity index (χ1) is 34.5. The lowest BCUT2D eigenvalue weighted by Gasteiger charge is -2.18. The molecule has 0 aliphatic rings. The van der Waals surface area contributed by atoms with E-state index >= 15 is 0 Å². The number of carboxylic acids is 1. The molecule has 2 atom stereocenters. The second kappa shape index (κ2) is 29.6. The highest BCUT2D eigenvalue weighted by Crippen LogP contribution is 2.25. The Hall–Kier alpha value is -7.49. The molecule has 2 heterocycles. The van der Waals surface area contributed by atoms with Crippen LogP contribution in [0.15, 0.2) is 216 Å². The molecule has 0 saturated carbocycles. The van der Waals surface area contributed by atoms with Crippen LogP contribution in [0, 0.1) is 11.6 Å². The highest BCUT2D eigenvalue weighted by atomic mass is 35.5. The molecule has 72 heavy (non-hydrogen) atoms. The van der Waals surface area contributed by atoms with Crippen LogP contribution in [-0.2, 0) is 40.4 Å². The molecule has 2 amide bonds. The number of nitrogens with zero attached hydrogens (tertiary/aromatic N) is 2. The number of halogens is 3. The van der Waals surface area contributed by atoms with Crippen molar-refractivity contribution in [1.29, 1.82) is 0 Å². The minimum Gasteiger partial charge on any atom is -0.477 e. The number of carbonyl (C=O) groups excluding carboxylic acids is 3. The zero-order valence-electron chi connectivity index (χ0n) is 38.9. The number of anilines is 1. The highest BCUT2D eigenvalue weighted by Gasteiger charge is 2.23. The van der Waals surface area contributed by atoms with Gasteiger partial charge in [0.15, 0.2) is 5.78 Å². The van der Waals surface area contributed by atoms with Gasteiger partial charge in [-0.05, 0) is 101 Å². The van der Waals surface area contributed by atoms with E-state index in [1.165, 1.54) is 28.2 Å². The predicted molar refractivity (Wildman–Crippen MR) is 284 cm³/mol. The number of rotatable bonds is 18. The summed E-state index contributed by atoms with van der Waals surface area (Å²) in [6.45, 7) is 0. The number of hydrogen-bond donors (Lipinski definition) is 4. The Kier molecular flexibility index (Phi) is 22.8. The largest absolute Gasteiger partial charge is 0.477 e. The molecular weight excluding hydrogens is 972 g/mol. The van der Waals surface area contributed by atoms with Crippen molar-refractivity contribution in [2.45, 2.75) is 52.6 Å². The van der Waals surface area contributed by atoms with Crippen molar-refractivity contribution < 1.29 is 33.1 Å². The third kappa shape index (κ3) is 19.4. The smallest absolute Gasteiger partial charge is 0.354 e. The summed E-state index contributed by atoms with van der Waals surface area (Å²) in [6, 6.07) is 59.1. The Bertz CT molecular complexity index is 2900. The summed E-state index contributed by atoms with van der Waals surface area (Å²) in [7, 11) is 0. The second-order valence-corrected chi connectivity index (χ2v) is 18.0. The average Bonchev–Trinajstić information content (AvgIpc) is 3.40. The first-order valence-electron chi connectivity index (χ1n) is 22.4. The first kappa shape index (κ1) is 55.4. The maximum absolute atomic E-state index is 13.2. The molecular formula is C57H52ClF2N5O5S2. The normalized spacial score (nSPS) is 11.2. The number of thioether (sulfide) groups is 2. The molecule has 8 aromatic rings. The maximum Gasteiger partial charge on any atom is 0.354 e. The standard InChI is InChI=1S/C29H25FN2O2S.C22H22N2OS.C6H4FNO2.ClH/c30-24-13-16-26(31-19-24)29(34)32-27(17-21-7-3-1-4-8-21)28(33)18-22-11-14-25(15-12-22)35-20-23-9-5-2-6-10-23;23-21(15-17-7-3-1-4-8-17)22(25)24-19-11-13-20(14-12-19)26-16-18-9-5-2-6-10-18;7-4-1-2-5(6(9)10)8-3-4;/h1-16,19,27H,17-18,20H2,(H,32,34);1-14,21H,15-16,23H2,(H,24,25);1-3H,(H,9,10);1H/t27-;21-;;/m00../s1. The Labute approximate surface area is 432 Å². The monoisotopic (exact) mass is 1020 g/mol. The van der Waals surface area contributed by atoms with E-state index in [-0.39, 0.29) is 41.9 Å². The molecule has 10 nitrogen and oxygen atoms in total. The van der Waals surface area contributed by atoms with E-state index in [4.69, 9.17) is 10.8 Å². The zero-order chi connectivity index (χ0) is 50.2. The van der Waals surface area contributed by atoms with E-state index in [1.807, 2.05) is 146 Å². The third-order valence-electron chi connectivity index (χ3n) is 10.4. The van der Waals surface area contributed by atoms with Gasteiger partial charge < -0.3 is 21.5 Å². The molecule has 8 rings (SSSR count). The van der Waals surface area contributed by atoms with E-state index in [2.05, 4.69) is 44.9 Å². The van der Waals surface area contributed by atoms with Crippen LogP contribution >= 0.6 is 35.9 Å². The molecule has 0 aliphatic carbocycles. The van der Waals surface area contributed by atoms with Gasteiger partial charge in [-0.15, -0.1) is 35.9 Å². The van der Waals surface area contributed by atoms with Crippen molar-refractivity contribution in [3.63, 3.8) is 0 Å². The number of hydrogen-bond acceptors (Lipinski definition) is 9. The summed E-state index contributed by atoms with van der Waals surface area (Å²) < 4.78 is 25.3. The van der Waals surface area contributed by atoms with Gasteiger partial charge in [0.2, 0.25) is 5.91 Å². The lowest BCUT2D eigenvalue weighted by molar-refractivity contribution is -0.120. The summed E-state index contributed by atoms with van der Waals surface area (Å²) in [5, 5.41) is 14.0. The van der Waals surface area contributed by atoms with Crippen molar-refractivity contribution in [2.24, 2.45) is 5.73 Å². The minimum atomic E-state index is -1.15. The quantitative estimate of drug-likeness (QED) is 0.0608. The fraction of sp³-hybridized carbons (Fsp3) is 0.123. The summed E-state index contributed by atoms with van der Waals surface area (Å²) in [5.74, 6) is -1.19. The van der Waals surface area contributed by atoms with Crippen LogP contribution in [0.25, 0.3) is 0 Å². The molecule has 0 unspecified atom stereocenters. The molecule has 0 fully saturated rings. The summed E-state index contributed by atoms with van der Waals surface area (Å²) in [4.78, 5) is 57.8. The number of nitrogens with two attached hydrogens (primary N) is 1. The van der Waals surface area contributed by atoms with Crippen molar-refractivity contribution >= 4 is 65.2 Å². The highest BCUT2D eigenvalue weighted by molar-refractivity contribution is 7.98. The number of amides is 2. The van der Waals surface area contributed by atoms with Crippen molar-refractivity contribution in [3.05, 3.63) is 257 Å². The van der Waals surface area contributed by atoms with Crippen LogP contribution in [0.5, 0.6) is 0 Å². The number of aromatic carboxylic acids is 1. The van der Waals surface area contributed by atoms with Gasteiger partial charge in [-0.2, -0.15) is 0 Å². The Morgan fingerprint density at radius 3 is 1.40 bits per heavy atom. The Balaban J connectivity index is 0.000000228. The molecule has 0 radical (unpaired) electrons. The summed E-state index contributed by atoms with van der Waals surface area (Å²) >= 11 is 3.51. The first-order valence-corrected chi connectivity index (χ1v) is 24.4. The topological polar surface area (TPSA) is 164 Å². The SMILES string of the molecule is Cl.N[C@@H](Cc1ccccc1)C(=O)Nc1ccc(SCc2ccccc2)cc1.O=C(N[C@@H](Cc1ccccc1)C(=O)Cc1ccc(SCc2ccccc2)cc1)c1ccc(F)cn1.O=C(O)c1ccc(F)cn1. The molecule has 0 bridgehead atoms. The molecule has 2 aromatic heterocycles. The fourth-order valence-electron chi connectivity index (χ4n) is 6.68. The lowest BCUT2D eigenvalue weighted by atomic mass is 9.97. The zero-order valence-corrected chi connectivity index (χ0v) is 41.3. The van der Waals surface area contributed by atoms with E-state index in [9.17, 15) is 28.0 Å². The average molecular weight is 1020 g/mol. The number of benzene rings is 6.